The van der Waals surface area contributed by atoms with Crippen LogP contribution in [0.1, 0.15) is 13.8 Å². The highest BCUT2D eigenvalue weighted by Gasteiger charge is 2.18. The smallest absolute Gasteiger partial charge is 0.129 e. The van der Waals surface area contributed by atoms with Gasteiger partial charge in [-0.15, -0.1) is 0 Å². The number of piperazine rings is 1. The maximum atomic E-state index is 5.82. The Balaban J connectivity index is 1.72. The van der Waals surface area contributed by atoms with Gasteiger partial charge in [-0.2, -0.15) is 0 Å². The molecule has 1 aromatic heterocycles. The number of benzene rings is 1. The van der Waals surface area contributed by atoms with E-state index in [0.29, 0.717) is 0 Å². The van der Waals surface area contributed by atoms with Crippen molar-refractivity contribution in [3.05, 3.63) is 30.3 Å². The predicted molar refractivity (Wildman–Crippen MR) is 89.6 cm³/mol. The van der Waals surface area contributed by atoms with E-state index >= 15 is 0 Å². The molecule has 1 aliphatic rings. The second kappa shape index (κ2) is 5.90. The molecular weight excluding hydrogens is 260 g/mol. The van der Waals surface area contributed by atoms with E-state index in [1.807, 2.05) is 18.2 Å². The van der Waals surface area contributed by atoms with E-state index in [2.05, 4.69) is 35.8 Å². The number of hydrogen-bond acceptors (Lipinski definition) is 4. The third-order valence-corrected chi connectivity index (χ3v) is 4.02. The van der Waals surface area contributed by atoms with Crippen LogP contribution in [0.5, 0.6) is 0 Å². The minimum atomic E-state index is 0.737. The Morgan fingerprint density at radius 3 is 2.57 bits per heavy atom. The second-order valence-electron chi connectivity index (χ2n) is 6.30. The van der Waals surface area contributed by atoms with Gasteiger partial charge in [0.05, 0.1) is 5.52 Å². The number of pyridine rings is 1. The van der Waals surface area contributed by atoms with Gasteiger partial charge in [0, 0.05) is 43.8 Å². The van der Waals surface area contributed by atoms with Crippen molar-refractivity contribution >= 4 is 22.4 Å². The molecule has 0 atom stereocenters. The first kappa shape index (κ1) is 14.1. The van der Waals surface area contributed by atoms with Crippen molar-refractivity contribution in [1.82, 2.24) is 9.88 Å². The Hall–Kier alpha value is -1.81. The number of nitrogens with zero attached hydrogens (tertiary/aromatic N) is 3. The number of rotatable bonds is 3. The zero-order valence-corrected chi connectivity index (χ0v) is 12.9. The molecule has 112 valence electrons. The molecule has 2 heterocycles. The van der Waals surface area contributed by atoms with Gasteiger partial charge in [0.15, 0.2) is 0 Å². The summed E-state index contributed by atoms with van der Waals surface area (Å²) >= 11 is 0. The lowest BCUT2D eigenvalue weighted by Crippen LogP contribution is -2.47. The fraction of sp³-hybridized carbons (Fsp3) is 0.471. The topological polar surface area (TPSA) is 45.4 Å². The Bertz CT molecular complexity index is 615. The minimum absolute atomic E-state index is 0.737. The molecule has 21 heavy (non-hydrogen) atoms. The summed E-state index contributed by atoms with van der Waals surface area (Å²) in [6.45, 7) is 10.1. The van der Waals surface area contributed by atoms with Gasteiger partial charge in [-0.25, -0.2) is 4.98 Å². The van der Waals surface area contributed by atoms with Crippen molar-refractivity contribution in [2.45, 2.75) is 13.8 Å². The van der Waals surface area contributed by atoms with E-state index in [-0.39, 0.29) is 0 Å². The zero-order valence-electron chi connectivity index (χ0n) is 12.9. The van der Waals surface area contributed by atoms with Crippen molar-refractivity contribution in [2.75, 3.05) is 43.4 Å². The largest absolute Gasteiger partial charge is 0.399 e. The van der Waals surface area contributed by atoms with Crippen LogP contribution in [0, 0.1) is 5.92 Å². The maximum absolute atomic E-state index is 5.82. The Morgan fingerprint density at radius 2 is 1.86 bits per heavy atom. The molecule has 0 bridgehead atoms. The molecule has 1 fully saturated rings. The fourth-order valence-electron chi connectivity index (χ4n) is 2.99. The van der Waals surface area contributed by atoms with Gasteiger partial charge in [-0.1, -0.05) is 13.8 Å². The van der Waals surface area contributed by atoms with Crippen LogP contribution in [0.15, 0.2) is 30.3 Å². The Labute approximate surface area is 126 Å². The fourth-order valence-corrected chi connectivity index (χ4v) is 2.99. The molecule has 0 saturated carbocycles. The van der Waals surface area contributed by atoms with Crippen LogP contribution in [-0.2, 0) is 0 Å². The van der Waals surface area contributed by atoms with Gasteiger partial charge in [-0.05, 0) is 36.2 Å². The molecule has 1 aromatic carbocycles. The first-order valence-corrected chi connectivity index (χ1v) is 7.75. The van der Waals surface area contributed by atoms with E-state index in [1.165, 1.54) is 6.54 Å². The van der Waals surface area contributed by atoms with Crippen LogP contribution in [0.3, 0.4) is 0 Å². The SMILES string of the molecule is CC(C)CN1CCN(c2ccc3cc(N)ccc3n2)CC1. The summed E-state index contributed by atoms with van der Waals surface area (Å²) in [5.74, 6) is 1.82. The van der Waals surface area contributed by atoms with Crippen molar-refractivity contribution in [3.63, 3.8) is 0 Å². The number of nitrogens with two attached hydrogens (primary N) is 1. The standard InChI is InChI=1S/C17H24N4/c1-13(2)12-20-7-9-21(10-8-20)17-6-3-14-11-15(18)4-5-16(14)19-17/h3-6,11,13H,7-10,12,18H2,1-2H3. The zero-order chi connectivity index (χ0) is 14.8. The van der Waals surface area contributed by atoms with E-state index in [9.17, 15) is 0 Å². The first-order valence-electron chi connectivity index (χ1n) is 7.75. The minimum Gasteiger partial charge on any atom is -0.399 e. The van der Waals surface area contributed by atoms with Crippen LogP contribution < -0.4 is 10.6 Å². The summed E-state index contributed by atoms with van der Waals surface area (Å²) in [5.41, 5.74) is 7.63. The average molecular weight is 284 g/mol. The van der Waals surface area contributed by atoms with Crippen LogP contribution >= 0.6 is 0 Å². The van der Waals surface area contributed by atoms with Gasteiger partial charge in [0.2, 0.25) is 0 Å². The van der Waals surface area contributed by atoms with E-state index in [4.69, 9.17) is 10.7 Å². The molecule has 2 N–H and O–H groups in total. The van der Waals surface area contributed by atoms with Crippen LogP contribution in [0.2, 0.25) is 0 Å². The van der Waals surface area contributed by atoms with Crippen molar-refractivity contribution in [1.29, 1.82) is 0 Å². The number of anilines is 2. The first-order chi connectivity index (χ1) is 10.1. The lowest BCUT2D eigenvalue weighted by molar-refractivity contribution is 0.231. The average Bonchev–Trinajstić information content (AvgIpc) is 2.47. The molecule has 3 rings (SSSR count). The lowest BCUT2D eigenvalue weighted by atomic mass is 10.2. The predicted octanol–water partition coefficient (Wildman–Crippen LogP) is 2.60. The van der Waals surface area contributed by atoms with Crippen molar-refractivity contribution in [2.24, 2.45) is 5.92 Å². The number of hydrogen-bond donors (Lipinski definition) is 1. The third-order valence-electron chi connectivity index (χ3n) is 4.02. The number of nitrogen functional groups attached to an aromatic ring is 1. The second-order valence-corrected chi connectivity index (χ2v) is 6.30. The van der Waals surface area contributed by atoms with Gasteiger partial charge >= 0.3 is 0 Å². The van der Waals surface area contributed by atoms with Gasteiger partial charge < -0.3 is 10.6 Å². The summed E-state index contributed by atoms with van der Waals surface area (Å²) in [5, 5.41) is 1.11. The molecule has 1 saturated heterocycles. The molecule has 2 aromatic rings. The molecule has 0 spiro atoms. The van der Waals surface area contributed by atoms with Gasteiger partial charge in [-0.3, -0.25) is 4.90 Å². The monoisotopic (exact) mass is 284 g/mol. The van der Waals surface area contributed by atoms with Crippen LogP contribution in [0.25, 0.3) is 10.9 Å². The number of aromatic nitrogens is 1. The Morgan fingerprint density at radius 1 is 1.10 bits per heavy atom. The molecule has 0 amide bonds. The summed E-state index contributed by atoms with van der Waals surface area (Å²) in [4.78, 5) is 9.70. The molecular formula is C17H24N4. The quantitative estimate of drug-likeness (QED) is 0.880. The maximum Gasteiger partial charge on any atom is 0.129 e. The molecule has 0 unspecified atom stereocenters. The lowest BCUT2D eigenvalue weighted by Gasteiger charge is -2.36. The summed E-state index contributed by atoms with van der Waals surface area (Å²) in [6, 6.07) is 10.1. The summed E-state index contributed by atoms with van der Waals surface area (Å²) in [6.07, 6.45) is 0. The molecule has 4 nitrogen and oxygen atoms in total. The van der Waals surface area contributed by atoms with Gasteiger partial charge in [0.25, 0.3) is 0 Å². The van der Waals surface area contributed by atoms with E-state index < -0.39 is 0 Å². The highest BCUT2D eigenvalue weighted by molar-refractivity contribution is 5.83. The van der Waals surface area contributed by atoms with Crippen LogP contribution in [-0.4, -0.2) is 42.6 Å². The number of fused-ring (bicyclic) bond motifs is 1. The van der Waals surface area contributed by atoms with Crippen molar-refractivity contribution in [3.8, 4) is 0 Å². The van der Waals surface area contributed by atoms with Gasteiger partial charge in [0.1, 0.15) is 5.82 Å². The highest BCUT2D eigenvalue weighted by atomic mass is 15.3. The summed E-state index contributed by atoms with van der Waals surface area (Å²) < 4.78 is 0. The van der Waals surface area contributed by atoms with E-state index in [1.54, 1.807) is 0 Å². The molecule has 0 radical (unpaired) electrons. The molecule has 0 aliphatic carbocycles. The third kappa shape index (κ3) is 3.27. The molecule has 4 heteroatoms. The Kier molecular flexibility index (Phi) is 3.97. The van der Waals surface area contributed by atoms with E-state index in [0.717, 1.165) is 54.5 Å². The van der Waals surface area contributed by atoms with Crippen molar-refractivity contribution < 1.29 is 0 Å². The summed E-state index contributed by atoms with van der Waals surface area (Å²) in [7, 11) is 0. The molecule has 1 aliphatic heterocycles. The highest BCUT2D eigenvalue weighted by Crippen LogP contribution is 2.21. The van der Waals surface area contributed by atoms with Crippen LogP contribution in [0.4, 0.5) is 11.5 Å². The normalized spacial score (nSPS) is 16.8.